The van der Waals surface area contributed by atoms with Gasteiger partial charge in [0.05, 0.1) is 6.61 Å². The average Bonchev–Trinajstić information content (AvgIpc) is 2.88. The topological polar surface area (TPSA) is 30.2 Å². The van der Waals surface area contributed by atoms with Crippen molar-refractivity contribution in [3.8, 4) is 0 Å². The van der Waals surface area contributed by atoms with Crippen LogP contribution in [0.4, 0.5) is 0 Å². The molecular formula is C33H58NO2+. The number of aromatic nitrogens is 1. The maximum atomic E-state index is 11.7. The molecule has 0 N–H and O–H groups in total. The fourth-order valence-electron chi connectivity index (χ4n) is 5.00. The van der Waals surface area contributed by atoms with E-state index in [9.17, 15) is 4.79 Å². The van der Waals surface area contributed by atoms with E-state index in [1.165, 1.54) is 122 Å². The van der Waals surface area contributed by atoms with Gasteiger partial charge in [-0.2, -0.15) is 0 Å². The van der Waals surface area contributed by atoms with Crippen molar-refractivity contribution >= 4 is 5.97 Å². The summed E-state index contributed by atoms with van der Waals surface area (Å²) in [5, 5.41) is 0. The fraction of sp³-hybridized carbons (Fsp3) is 0.758. The number of rotatable bonds is 25. The van der Waals surface area contributed by atoms with Crippen LogP contribution in [0.1, 0.15) is 142 Å². The van der Waals surface area contributed by atoms with Gasteiger partial charge >= 0.3 is 5.97 Å². The van der Waals surface area contributed by atoms with Crippen molar-refractivity contribution < 1.29 is 14.1 Å². The Morgan fingerprint density at radius 3 is 1.67 bits per heavy atom. The molecule has 0 aliphatic carbocycles. The van der Waals surface area contributed by atoms with Gasteiger partial charge in [-0.15, -0.1) is 0 Å². The molecule has 1 unspecified atom stereocenters. The quantitative estimate of drug-likeness (QED) is 0.0579. The number of nitrogens with zero attached hydrogens (tertiary/aromatic N) is 1. The van der Waals surface area contributed by atoms with E-state index >= 15 is 0 Å². The second-order valence-electron chi connectivity index (χ2n) is 10.9. The molecule has 1 atom stereocenters. The Morgan fingerprint density at radius 1 is 0.694 bits per heavy atom. The third-order valence-corrected chi connectivity index (χ3v) is 7.38. The maximum Gasteiger partial charge on any atom is 0.333 e. The molecule has 3 nitrogen and oxygen atoms in total. The molecule has 0 aliphatic heterocycles. The van der Waals surface area contributed by atoms with E-state index in [2.05, 4.69) is 48.7 Å². The van der Waals surface area contributed by atoms with E-state index in [-0.39, 0.29) is 5.97 Å². The van der Waals surface area contributed by atoms with Crippen LogP contribution in [0.3, 0.4) is 0 Å². The summed E-state index contributed by atoms with van der Waals surface area (Å²) in [6, 6.07) is 6.24. The number of hydrogen-bond acceptors (Lipinski definition) is 2. The van der Waals surface area contributed by atoms with Crippen molar-refractivity contribution in [3.63, 3.8) is 0 Å². The van der Waals surface area contributed by atoms with Crippen LogP contribution in [-0.4, -0.2) is 12.6 Å². The van der Waals surface area contributed by atoms with Crippen molar-refractivity contribution in [1.29, 1.82) is 0 Å². The number of hydrogen-bond donors (Lipinski definition) is 0. The molecule has 1 rings (SSSR count). The lowest BCUT2D eigenvalue weighted by molar-refractivity contribution is -0.697. The van der Waals surface area contributed by atoms with Gasteiger partial charge < -0.3 is 4.74 Å². The first-order valence-electron chi connectivity index (χ1n) is 15.4. The minimum Gasteiger partial charge on any atom is -0.462 e. The summed E-state index contributed by atoms with van der Waals surface area (Å²) in [6.07, 6.45) is 31.4. The first-order chi connectivity index (χ1) is 17.6. The van der Waals surface area contributed by atoms with Crippen molar-refractivity contribution in [2.45, 2.75) is 149 Å². The van der Waals surface area contributed by atoms with Gasteiger partial charge in [0.2, 0.25) is 0 Å². The highest BCUT2D eigenvalue weighted by Gasteiger charge is 2.12. The second kappa shape index (κ2) is 23.7. The molecule has 0 spiro atoms. The Kier molecular flexibility index (Phi) is 21.4. The van der Waals surface area contributed by atoms with Crippen molar-refractivity contribution in [3.05, 3.63) is 42.7 Å². The molecule has 206 valence electrons. The number of aryl methyl sites for hydroxylation is 1. The maximum absolute atomic E-state index is 11.7. The van der Waals surface area contributed by atoms with Crippen LogP contribution < -0.4 is 4.57 Å². The molecule has 0 fully saturated rings. The molecule has 36 heavy (non-hydrogen) atoms. The highest BCUT2D eigenvalue weighted by molar-refractivity contribution is 5.86. The van der Waals surface area contributed by atoms with E-state index in [4.69, 9.17) is 4.74 Å². The molecule has 0 saturated carbocycles. The van der Waals surface area contributed by atoms with Gasteiger partial charge in [0.25, 0.3) is 0 Å². The number of unbranched alkanes of at least 4 members (excludes halogenated alkanes) is 15. The predicted molar refractivity (Wildman–Crippen MR) is 154 cm³/mol. The van der Waals surface area contributed by atoms with Crippen LogP contribution in [-0.2, 0) is 16.1 Å². The standard InChI is InChI=1S/C33H58NO2/c1-4-5-6-7-8-9-10-11-12-13-14-15-16-17-18-20-24-32(26-30-36-33(35)31(2)3)25-23-29-34-27-21-19-22-28-34/h19,21-22,27-28,32H,2,4-18,20,23-26,29-30H2,1,3H3/q+1. The molecular weight excluding hydrogens is 442 g/mol. The summed E-state index contributed by atoms with van der Waals surface area (Å²) in [4.78, 5) is 11.7. The molecule has 1 heterocycles. The lowest BCUT2D eigenvalue weighted by Crippen LogP contribution is -2.32. The zero-order chi connectivity index (χ0) is 26.1. The van der Waals surface area contributed by atoms with E-state index in [1.54, 1.807) is 6.92 Å². The summed E-state index contributed by atoms with van der Waals surface area (Å²) >= 11 is 0. The second-order valence-corrected chi connectivity index (χ2v) is 10.9. The Labute approximate surface area is 224 Å². The first-order valence-corrected chi connectivity index (χ1v) is 15.4. The van der Waals surface area contributed by atoms with Gasteiger partial charge in [-0.3, -0.25) is 0 Å². The third-order valence-electron chi connectivity index (χ3n) is 7.38. The number of carbonyl (C=O) groups is 1. The van der Waals surface area contributed by atoms with E-state index in [1.807, 2.05) is 0 Å². The number of carbonyl (C=O) groups excluding carboxylic acids is 1. The molecule has 0 aromatic carbocycles. The summed E-state index contributed by atoms with van der Waals surface area (Å²) in [7, 11) is 0. The van der Waals surface area contributed by atoms with Crippen LogP contribution in [0.25, 0.3) is 0 Å². The van der Waals surface area contributed by atoms with Crippen LogP contribution >= 0.6 is 0 Å². The van der Waals surface area contributed by atoms with Gasteiger partial charge in [-0.1, -0.05) is 129 Å². The van der Waals surface area contributed by atoms with Crippen LogP contribution in [0.5, 0.6) is 0 Å². The molecule has 3 heteroatoms. The number of pyridine rings is 1. The summed E-state index contributed by atoms with van der Waals surface area (Å²) < 4.78 is 7.64. The van der Waals surface area contributed by atoms with Crippen LogP contribution in [0.15, 0.2) is 42.7 Å². The number of ether oxygens (including phenoxy) is 1. The largest absolute Gasteiger partial charge is 0.462 e. The monoisotopic (exact) mass is 500 g/mol. The smallest absolute Gasteiger partial charge is 0.333 e. The van der Waals surface area contributed by atoms with Crippen LogP contribution in [0, 0.1) is 5.92 Å². The fourth-order valence-corrected chi connectivity index (χ4v) is 5.00. The van der Waals surface area contributed by atoms with Gasteiger partial charge in [0.1, 0.15) is 6.54 Å². The summed E-state index contributed by atoms with van der Waals surface area (Å²) in [5.41, 5.74) is 0.491. The third kappa shape index (κ3) is 19.5. The van der Waals surface area contributed by atoms with Gasteiger partial charge in [-0.05, 0) is 25.7 Å². The minimum atomic E-state index is -0.254. The minimum absolute atomic E-state index is 0.254. The Hall–Kier alpha value is -1.64. The summed E-state index contributed by atoms with van der Waals surface area (Å²) in [6.45, 7) is 9.27. The molecule has 1 aromatic rings. The van der Waals surface area contributed by atoms with E-state index in [0.29, 0.717) is 18.1 Å². The Balaban J connectivity index is 2.06. The zero-order valence-electron chi connectivity index (χ0n) is 24.0. The lowest BCUT2D eigenvalue weighted by Gasteiger charge is -2.16. The highest BCUT2D eigenvalue weighted by atomic mass is 16.5. The van der Waals surface area contributed by atoms with Gasteiger partial charge in [0, 0.05) is 24.1 Å². The predicted octanol–water partition coefficient (Wildman–Crippen LogP) is 9.53. The van der Waals surface area contributed by atoms with Gasteiger partial charge in [-0.25, -0.2) is 9.36 Å². The normalized spacial score (nSPS) is 11.9. The van der Waals surface area contributed by atoms with E-state index in [0.717, 1.165) is 13.0 Å². The molecule has 0 saturated heterocycles. The van der Waals surface area contributed by atoms with E-state index < -0.39 is 0 Å². The molecule has 0 amide bonds. The molecule has 0 bridgehead atoms. The molecule has 0 radical (unpaired) electrons. The van der Waals surface area contributed by atoms with Crippen molar-refractivity contribution in [2.75, 3.05) is 6.61 Å². The molecule has 0 aliphatic rings. The lowest BCUT2D eigenvalue weighted by atomic mass is 9.93. The zero-order valence-corrected chi connectivity index (χ0v) is 24.0. The SMILES string of the molecule is C=C(C)C(=O)OCCC(CCCCCCCCCCCCCCCCCC)CCC[n+]1ccccc1. The van der Waals surface area contributed by atoms with Crippen molar-refractivity contribution in [1.82, 2.24) is 0 Å². The Morgan fingerprint density at radius 2 is 1.17 bits per heavy atom. The average molecular weight is 501 g/mol. The van der Waals surface area contributed by atoms with Gasteiger partial charge in [0.15, 0.2) is 12.4 Å². The number of esters is 1. The highest BCUT2D eigenvalue weighted by Crippen LogP contribution is 2.21. The Bertz CT molecular complexity index is 642. The molecule has 1 aromatic heterocycles. The summed E-state index contributed by atoms with van der Waals surface area (Å²) in [5.74, 6) is 0.384. The first kappa shape index (κ1) is 32.4. The van der Waals surface area contributed by atoms with Crippen molar-refractivity contribution in [2.24, 2.45) is 5.92 Å². The van der Waals surface area contributed by atoms with Crippen LogP contribution in [0.2, 0.25) is 0 Å².